The lowest BCUT2D eigenvalue weighted by Crippen LogP contribution is -2.48. The van der Waals surface area contributed by atoms with E-state index in [0.717, 1.165) is 19.6 Å². The molecule has 31 heavy (non-hydrogen) atoms. The largest absolute Gasteiger partial charge is 0.468 e. The lowest BCUT2D eigenvalue weighted by atomic mass is 10.1. The number of hydrogen-bond donors (Lipinski definition) is 1. The third-order valence-corrected chi connectivity index (χ3v) is 6.72. The Hall–Kier alpha value is -2.94. The number of furan rings is 1. The molecule has 0 radical (unpaired) electrons. The molecule has 1 fully saturated rings. The maximum absolute atomic E-state index is 13.0. The quantitative estimate of drug-likeness (QED) is 0.612. The highest BCUT2D eigenvalue weighted by Crippen LogP contribution is 2.16. The Balaban J connectivity index is 1.37. The fraction of sp³-hybridized carbons (Fsp3) is 0.261. The number of carbonyl (C=O) groups excluding carboxylic acids is 1. The van der Waals surface area contributed by atoms with Crippen LogP contribution in [0.4, 0.5) is 0 Å². The maximum Gasteiger partial charge on any atom is 0.253 e. The van der Waals surface area contributed by atoms with Gasteiger partial charge in [-0.25, -0.2) is 13.1 Å². The molecule has 1 aliphatic heterocycles. The molecular weight excluding hydrogens is 414 g/mol. The second-order valence-electron chi connectivity index (χ2n) is 7.49. The molecule has 1 aromatic heterocycles. The van der Waals surface area contributed by atoms with E-state index in [1.807, 2.05) is 18.2 Å². The van der Waals surface area contributed by atoms with Gasteiger partial charge in [0.1, 0.15) is 5.76 Å². The Morgan fingerprint density at radius 2 is 1.71 bits per heavy atom. The van der Waals surface area contributed by atoms with E-state index < -0.39 is 10.0 Å². The Morgan fingerprint density at radius 3 is 2.42 bits per heavy atom. The first-order valence-electron chi connectivity index (χ1n) is 10.2. The van der Waals surface area contributed by atoms with Crippen LogP contribution < -0.4 is 4.72 Å². The Labute approximate surface area is 182 Å². The van der Waals surface area contributed by atoms with Crippen LogP contribution in [0.5, 0.6) is 0 Å². The minimum Gasteiger partial charge on any atom is -0.468 e. The van der Waals surface area contributed by atoms with Gasteiger partial charge in [-0.05, 0) is 35.9 Å². The topological polar surface area (TPSA) is 82.9 Å². The molecule has 0 unspecified atom stereocenters. The van der Waals surface area contributed by atoms with Gasteiger partial charge in [0.05, 0.1) is 17.7 Å². The van der Waals surface area contributed by atoms with E-state index in [-0.39, 0.29) is 17.3 Å². The predicted octanol–water partition coefficient (Wildman–Crippen LogP) is 2.72. The fourth-order valence-electron chi connectivity index (χ4n) is 3.59. The number of benzene rings is 2. The number of carbonyl (C=O) groups is 1. The number of piperazine rings is 1. The summed E-state index contributed by atoms with van der Waals surface area (Å²) in [4.78, 5) is 17.1. The number of amides is 1. The molecule has 1 saturated heterocycles. The highest BCUT2D eigenvalue weighted by Gasteiger charge is 2.23. The van der Waals surface area contributed by atoms with Crippen LogP contribution >= 0.6 is 0 Å². The summed E-state index contributed by atoms with van der Waals surface area (Å²) in [7, 11) is -3.76. The van der Waals surface area contributed by atoms with Crippen LogP contribution in [0.2, 0.25) is 0 Å². The number of sulfonamides is 1. The average molecular weight is 440 g/mol. The number of nitrogens with zero attached hydrogens (tertiary/aromatic N) is 2. The number of rotatable bonds is 7. The summed E-state index contributed by atoms with van der Waals surface area (Å²) in [6, 6.07) is 19.8. The average Bonchev–Trinajstić information content (AvgIpc) is 3.33. The predicted molar refractivity (Wildman–Crippen MR) is 117 cm³/mol. The zero-order valence-electron chi connectivity index (χ0n) is 17.1. The van der Waals surface area contributed by atoms with E-state index >= 15 is 0 Å². The third-order valence-electron chi connectivity index (χ3n) is 5.32. The van der Waals surface area contributed by atoms with Gasteiger partial charge < -0.3 is 9.32 Å². The van der Waals surface area contributed by atoms with Crippen molar-refractivity contribution in [3.63, 3.8) is 0 Å². The molecule has 1 aliphatic rings. The van der Waals surface area contributed by atoms with Gasteiger partial charge in [-0.1, -0.05) is 36.4 Å². The van der Waals surface area contributed by atoms with E-state index in [9.17, 15) is 13.2 Å². The molecule has 162 valence electrons. The third kappa shape index (κ3) is 5.41. The van der Waals surface area contributed by atoms with Crippen molar-refractivity contribution >= 4 is 15.9 Å². The summed E-state index contributed by atoms with van der Waals surface area (Å²) in [6.45, 7) is 3.69. The molecule has 4 rings (SSSR count). The van der Waals surface area contributed by atoms with Crippen molar-refractivity contribution in [3.8, 4) is 0 Å². The van der Waals surface area contributed by atoms with Crippen molar-refractivity contribution in [1.29, 1.82) is 0 Å². The van der Waals surface area contributed by atoms with Gasteiger partial charge >= 0.3 is 0 Å². The minimum atomic E-state index is -3.76. The summed E-state index contributed by atoms with van der Waals surface area (Å²) in [5.41, 5.74) is 1.62. The van der Waals surface area contributed by atoms with Gasteiger partial charge in [0.25, 0.3) is 5.91 Å². The van der Waals surface area contributed by atoms with Crippen LogP contribution in [0.1, 0.15) is 21.7 Å². The second-order valence-corrected chi connectivity index (χ2v) is 9.25. The lowest BCUT2D eigenvalue weighted by molar-refractivity contribution is 0.0628. The van der Waals surface area contributed by atoms with Crippen LogP contribution in [0.3, 0.4) is 0 Å². The van der Waals surface area contributed by atoms with E-state index in [4.69, 9.17) is 4.42 Å². The zero-order chi connectivity index (χ0) is 21.7. The molecule has 1 N–H and O–H groups in total. The van der Waals surface area contributed by atoms with Crippen molar-refractivity contribution in [1.82, 2.24) is 14.5 Å². The number of nitrogens with one attached hydrogen (secondary N) is 1. The zero-order valence-corrected chi connectivity index (χ0v) is 17.9. The first-order valence-corrected chi connectivity index (χ1v) is 11.7. The highest BCUT2D eigenvalue weighted by atomic mass is 32.2. The van der Waals surface area contributed by atoms with Crippen molar-refractivity contribution < 1.29 is 17.6 Å². The summed E-state index contributed by atoms with van der Waals surface area (Å²) >= 11 is 0. The summed E-state index contributed by atoms with van der Waals surface area (Å²) in [5.74, 6) is 0.367. The first kappa shape index (κ1) is 21.3. The van der Waals surface area contributed by atoms with Crippen LogP contribution in [0.25, 0.3) is 0 Å². The molecule has 2 aromatic carbocycles. The van der Waals surface area contributed by atoms with Crippen molar-refractivity contribution in [2.24, 2.45) is 0 Å². The lowest BCUT2D eigenvalue weighted by Gasteiger charge is -2.34. The standard InChI is InChI=1S/C23H25N3O4S/c27-23(26-13-11-25(12-14-26)18-19-6-2-1-3-7-19)20-8-4-10-22(16-20)31(28,29)24-17-21-9-5-15-30-21/h1-10,15-16,24H,11-14,17-18H2. The molecule has 1 amide bonds. The normalized spacial score (nSPS) is 15.2. The molecule has 2 heterocycles. The van der Waals surface area contributed by atoms with Gasteiger partial charge in [0.2, 0.25) is 10.0 Å². The van der Waals surface area contributed by atoms with Crippen LogP contribution in [-0.4, -0.2) is 50.3 Å². The summed E-state index contributed by atoms with van der Waals surface area (Å²) in [6.07, 6.45) is 1.49. The van der Waals surface area contributed by atoms with E-state index in [0.29, 0.717) is 24.4 Å². The van der Waals surface area contributed by atoms with Crippen LogP contribution in [0.15, 0.2) is 82.3 Å². The fourth-order valence-corrected chi connectivity index (χ4v) is 4.63. The Bertz CT molecular complexity index is 1110. The molecule has 7 nitrogen and oxygen atoms in total. The van der Waals surface area contributed by atoms with Crippen molar-refractivity contribution in [2.45, 2.75) is 18.0 Å². The molecule has 3 aromatic rings. The van der Waals surface area contributed by atoms with E-state index in [2.05, 4.69) is 21.8 Å². The van der Waals surface area contributed by atoms with Gasteiger partial charge in [-0.3, -0.25) is 9.69 Å². The van der Waals surface area contributed by atoms with Crippen molar-refractivity contribution in [2.75, 3.05) is 26.2 Å². The van der Waals surface area contributed by atoms with Gasteiger partial charge in [-0.15, -0.1) is 0 Å². The molecule has 0 saturated carbocycles. The first-order chi connectivity index (χ1) is 15.0. The van der Waals surface area contributed by atoms with Crippen LogP contribution in [0, 0.1) is 0 Å². The second kappa shape index (κ2) is 9.47. The summed E-state index contributed by atoms with van der Waals surface area (Å²) in [5, 5.41) is 0. The van der Waals surface area contributed by atoms with Gasteiger partial charge in [-0.2, -0.15) is 0 Å². The van der Waals surface area contributed by atoms with E-state index in [1.165, 1.54) is 24.0 Å². The Morgan fingerprint density at radius 1 is 0.935 bits per heavy atom. The molecular formula is C23H25N3O4S. The van der Waals surface area contributed by atoms with Crippen molar-refractivity contribution in [3.05, 3.63) is 89.9 Å². The summed E-state index contributed by atoms with van der Waals surface area (Å²) < 4.78 is 32.9. The molecule has 8 heteroatoms. The van der Waals surface area contributed by atoms with E-state index in [1.54, 1.807) is 29.2 Å². The number of hydrogen-bond acceptors (Lipinski definition) is 5. The minimum absolute atomic E-state index is 0.0525. The monoisotopic (exact) mass is 439 g/mol. The molecule has 0 spiro atoms. The van der Waals surface area contributed by atoms with Gasteiger partial charge in [0, 0.05) is 38.3 Å². The maximum atomic E-state index is 13.0. The molecule has 0 atom stereocenters. The SMILES string of the molecule is O=C(c1cccc(S(=O)(=O)NCc2ccco2)c1)N1CCN(Cc2ccccc2)CC1. The smallest absolute Gasteiger partial charge is 0.253 e. The molecule has 0 bridgehead atoms. The molecule has 0 aliphatic carbocycles. The van der Waals surface area contributed by atoms with Crippen LogP contribution in [-0.2, 0) is 23.1 Å². The van der Waals surface area contributed by atoms with Gasteiger partial charge in [0.15, 0.2) is 0 Å². The Kier molecular flexibility index (Phi) is 6.50. The highest BCUT2D eigenvalue weighted by molar-refractivity contribution is 7.89.